The molecule has 0 amide bonds. The minimum Gasteiger partial charge on any atom is -0.361 e. The van der Waals surface area contributed by atoms with Crippen LogP contribution in [0.25, 0.3) is 0 Å². The number of thiazole rings is 1. The van der Waals surface area contributed by atoms with E-state index in [2.05, 4.69) is 24.1 Å². The molecule has 13 heavy (non-hydrogen) atoms. The summed E-state index contributed by atoms with van der Waals surface area (Å²) in [6.07, 6.45) is 4.20. The number of anilines is 1. The predicted octanol–water partition coefficient (Wildman–Crippen LogP) is 2.97. The fraction of sp³-hybridized carbons (Fsp3) is 0.700. The summed E-state index contributed by atoms with van der Waals surface area (Å²) in [6.45, 7) is 5.29. The Kier molecular flexibility index (Phi) is 2.54. The second-order valence-electron chi connectivity index (χ2n) is 3.82. The maximum absolute atomic E-state index is 4.43. The van der Waals surface area contributed by atoms with Crippen LogP contribution in [0.4, 0.5) is 5.13 Å². The molecule has 1 heterocycles. The maximum Gasteiger partial charge on any atom is 0.183 e. The molecule has 1 aliphatic carbocycles. The van der Waals surface area contributed by atoms with Gasteiger partial charge in [0.05, 0.1) is 5.69 Å². The summed E-state index contributed by atoms with van der Waals surface area (Å²) in [4.78, 5) is 5.76. The van der Waals surface area contributed by atoms with Crippen molar-refractivity contribution in [1.29, 1.82) is 0 Å². The van der Waals surface area contributed by atoms with Gasteiger partial charge in [0, 0.05) is 11.4 Å². The highest BCUT2D eigenvalue weighted by Gasteiger charge is 2.20. The van der Waals surface area contributed by atoms with Crippen LogP contribution in [0.2, 0.25) is 0 Å². The van der Waals surface area contributed by atoms with Crippen LogP contribution in [0, 0.1) is 19.8 Å². The summed E-state index contributed by atoms with van der Waals surface area (Å²) in [6, 6.07) is 0. The minimum atomic E-state index is 1.01. The zero-order valence-electron chi connectivity index (χ0n) is 8.26. The van der Waals surface area contributed by atoms with Gasteiger partial charge < -0.3 is 5.32 Å². The summed E-state index contributed by atoms with van der Waals surface area (Å²) in [5, 5.41) is 4.48. The Morgan fingerprint density at radius 3 is 2.77 bits per heavy atom. The van der Waals surface area contributed by atoms with E-state index in [0.29, 0.717) is 0 Å². The van der Waals surface area contributed by atoms with E-state index >= 15 is 0 Å². The summed E-state index contributed by atoms with van der Waals surface area (Å²) in [5.41, 5.74) is 1.17. The lowest BCUT2D eigenvalue weighted by atomic mass is 10.3. The van der Waals surface area contributed by atoms with Gasteiger partial charge in [-0.05, 0) is 26.2 Å². The van der Waals surface area contributed by atoms with Gasteiger partial charge in [0.25, 0.3) is 0 Å². The molecule has 3 heteroatoms. The highest BCUT2D eigenvalue weighted by molar-refractivity contribution is 7.15. The molecule has 72 valence electrons. The lowest BCUT2D eigenvalue weighted by Gasteiger charge is -1.99. The van der Waals surface area contributed by atoms with Crippen LogP contribution < -0.4 is 5.32 Å². The lowest BCUT2D eigenvalue weighted by molar-refractivity contribution is 0.759. The van der Waals surface area contributed by atoms with Crippen molar-refractivity contribution in [2.24, 2.45) is 5.92 Å². The predicted molar refractivity (Wildman–Crippen MR) is 57.4 cm³/mol. The molecule has 2 rings (SSSR count). The molecule has 1 N–H and O–H groups in total. The summed E-state index contributed by atoms with van der Waals surface area (Å²) >= 11 is 1.76. The van der Waals surface area contributed by atoms with Gasteiger partial charge in [-0.2, -0.15) is 0 Å². The average molecular weight is 196 g/mol. The molecular formula is C10H16N2S. The van der Waals surface area contributed by atoms with Crippen LogP contribution >= 0.6 is 11.3 Å². The summed E-state index contributed by atoms with van der Waals surface area (Å²) < 4.78 is 0. The van der Waals surface area contributed by atoms with Crippen molar-refractivity contribution in [2.75, 3.05) is 11.9 Å². The molecule has 1 aromatic heterocycles. The van der Waals surface area contributed by atoms with Gasteiger partial charge in [0.1, 0.15) is 0 Å². The van der Waals surface area contributed by atoms with E-state index in [4.69, 9.17) is 0 Å². The number of aryl methyl sites for hydroxylation is 2. The van der Waals surface area contributed by atoms with E-state index in [0.717, 1.165) is 17.6 Å². The van der Waals surface area contributed by atoms with E-state index in [9.17, 15) is 0 Å². The molecule has 1 aromatic rings. The second kappa shape index (κ2) is 3.66. The quantitative estimate of drug-likeness (QED) is 0.800. The molecule has 0 unspecified atom stereocenters. The normalized spacial score (nSPS) is 16.2. The molecule has 1 saturated carbocycles. The van der Waals surface area contributed by atoms with Gasteiger partial charge in [-0.3, -0.25) is 0 Å². The molecule has 2 nitrogen and oxygen atoms in total. The van der Waals surface area contributed by atoms with E-state index < -0.39 is 0 Å². The lowest BCUT2D eigenvalue weighted by Crippen LogP contribution is -2.01. The fourth-order valence-corrected chi connectivity index (χ4v) is 2.18. The summed E-state index contributed by atoms with van der Waals surface area (Å²) in [7, 11) is 0. The number of rotatable bonds is 4. The Bertz CT molecular complexity index is 270. The molecule has 0 atom stereocenters. The van der Waals surface area contributed by atoms with Gasteiger partial charge >= 0.3 is 0 Å². The number of hydrogen-bond donors (Lipinski definition) is 1. The Hall–Kier alpha value is -0.570. The first kappa shape index (κ1) is 9.00. The topological polar surface area (TPSA) is 24.9 Å². The van der Waals surface area contributed by atoms with Crippen LogP contribution in [0.5, 0.6) is 0 Å². The molecule has 0 saturated heterocycles. The van der Waals surface area contributed by atoms with Gasteiger partial charge in [0.2, 0.25) is 0 Å². The third-order valence-corrected chi connectivity index (χ3v) is 3.58. The van der Waals surface area contributed by atoms with Gasteiger partial charge in [-0.1, -0.05) is 12.8 Å². The van der Waals surface area contributed by atoms with Crippen molar-refractivity contribution >= 4 is 16.5 Å². The summed E-state index contributed by atoms with van der Waals surface area (Å²) in [5.74, 6) is 1.01. The first-order valence-corrected chi connectivity index (χ1v) is 5.75. The molecular weight excluding hydrogens is 180 g/mol. The van der Waals surface area contributed by atoms with Crippen LogP contribution in [0.1, 0.15) is 29.8 Å². The second-order valence-corrected chi connectivity index (χ2v) is 5.02. The van der Waals surface area contributed by atoms with Crippen molar-refractivity contribution in [1.82, 2.24) is 4.98 Å². The zero-order valence-corrected chi connectivity index (χ0v) is 9.08. The van der Waals surface area contributed by atoms with Gasteiger partial charge in [-0.15, -0.1) is 11.3 Å². The first-order chi connectivity index (χ1) is 6.25. The van der Waals surface area contributed by atoms with Crippen LogP contribution in [0.15, 0.2) is 0 Å². The van der Waals surface area contributed by atoms with Crippen LogP contribution in [-0.4, -0.2) is 11.5 Å². The number of nitrogens with zero attached hydrogens (tertiary/aromatic N) is 1. The van der Waals surface area contributed by atoms with Gasteiger partial charge in [0.15, 0.2) is 5.13 Å². The molecule has 0 radical (unpaired) electrons. The highest BCUT2D eigenvalue weighted by atomic mass is 32.1. The van der Waals surface area contributed by atoms with Crippen LogP contribution in [-0.2, 0) is 0 Å². The SMILES string of the molecule is Cc1nc(NCCC2CC2)sc1C. The Labute approximate surface area is 83.4 Å². The monoisotopic (exact) mass is 196 g/mol. The van der Waals surface area contributed by atoms with Gasteiger partial charge in [-0.25, -0.2) is 4.98 Å². The van der Waals surface area contributed by atoms with E-state index in [1.807, 2.05) is 0 Å². The third kappa shape index (κ3) is 2.44. The standard InChI is InChI=1S/C10H16N2S/c1-7-8(2)13-10(12-7)11-6-5-9-3-4-9/h9H,3-6H2,1-2H3,(H,11,12). The average Bonchev–Trinajstić information content (AvgIpc) is 2.82. The van der Waals surface area contributed by atoms with E-state index in [1.54, 1.807) is 11.3 Å². The smallest absolute Gasteiger partial charge is 0.183 e. The number of aromatic nitrogens is 1. The molecule has 1 fully saturated rings. The van der Waals surface area contributed by atoms with Crippen molar-refractivity contribution in [3.05, 3.63) is 10.6 Å². The molecule has 0 aromatic carbocycles. The number of nitrogens with one attached hydrogen (secondary N) is 1. The highest BCUT2D eigenvalue weighted by Crippen LogP contribution is 2.32. The van der Waals surface area contributed by atoms with E-state index in [1.165, 1.54) is 29.8 Å². The molecule has 0 spiro atoms. The Morgan fingerprint density at radius 2 is 2.23 bits per heavy atom. The van der Waals surface area contributed by atoms with Crippen molar-refractivity contribution in [3.8, 4) is 0 Å². The fourth-order valence-electron chi connectivity index (χ4n) is 1.34. The first-order valence-electron chi connectivity index (χ1n) is 4.93. The van der Waals surface area contributed by atoms with Crippen molar-refractivity contribution < 1.29 is 0 Å². The zero-order chi connectivity index (χ0) is 9.26. The van der Waals surface area contributed by atoms with E-state index in [-0.39, 0.29) is 0 Å². The van der Waals surface area contributed by atoms with Crippen molar-refractivity contribution in [3.63, 3.8) is 0 Å². The molecule has 0 aliphatic heterocycles. The minimum absolute atomic E-state index is 1.01. The Balaban J connectivity index is 1.79. The number of hydrogen-bond acceptors (Lipinski definition) is 3. The molecule has 0 bridgehead atoms. The third-order valence-electron chi connectivity index (χ3n) is 2.55. The van der Waals surface area contributed by atoms with Crippen molar-refractivity contribution in [2.45, 2.75) is 33.1 Å². The Morgan fingerprint density at radius 1 is 1.46 bits per heavy atom. The van der Waals surface area contributed by atoms with Crippen LogP contribution in [0.3, 0.4) is 0 Å². The molecule has 1 aliphatic rings. The maximum atomic E-state index is 4.43. The largest absolute Gasteiger partial charge is 0.361 e.